The van der Waals surface area contributed by atoms with Crippen LogP contribution in [0.25, 0.3) is 6.08 Å². The minimum atomic E-state index is -4.69. The lowest BCUT2D eigenvalue weighted by Crippen LogP contribution is -2.07. The van der Waals surface area contributed by atoms with E-state index in [1.807, 2.05) is 30.3 Å². The number of hydrogen-bond acceptors (Lipinski definition) is 6. The molecule has 1 N–H and O–H groups in total. The molecule has 0 bridgehead atoms. The fraction of sp³-hybridized carbons (Fsp3) is 0.118. The number of esters is 1. The number of carbonyl (C=O) groups is 1. The molecular weight excluding hydrogens is 348 g/mol. The van der Waals surface area contributed by atoms with Crippen LogP contribution < -0.4 is 8.92 Å². The maximum absolute atomic E-state index is 11.2. The molecule has 0 aliphatic rings. The van der Waals surface area contributed by atoms with Gasteiger partial charge in [-0.3, -0.25) is 4.55 Å². The Bertz CT molecular complexity index is 858. The first-order valence-corrected chi connectivity index (χ1v) is 8.47. The van der Waals surface area contributed by atoms with Crippen molar-refractivity contribution in [2.24, 2.45) is 0 Å². The molecule has 132 valence electrons. The van der Waals surface area contributed by atoms with E-state index in [0.29, 0.717) is 11.3 Å². The fourth-order valence-corrected chi connectivity index (χ4v) is 2.26. The topological polar surface area (TPSA) is 99.1 Å². The monoisotopic (exact) mass is 364 g/mol. The van der Waals surface area contributed by atoms with Crippen molar-refractivity contribution in [1.82, 2.24) is 0 Å². The summed E-state index contributed by atoms with van der Waals surface area (Å²) in [6.45, 7) is 0.246. The number of rotatable bonds is 7. The molecule has 2 aromatic carbocycles. The molecule has 0 radical (unpaired) electrons. The average Bonchev–Trinajstić information content (AvgIpc) is 2.57. The largest absolute Gasteiger partial charge is 0.489 e. The zero-order chi connectivity index (χ0) is 18.3. The summed E-state index contributed by atoms with van der Waals surface area (Å²) in [6.07, 6.45) is 2.56. The molecule has 0 saturated heterocycles. The normalized spacial score (nSPS) is 11.3. The number of methoxy groups -OCH3 is 1. The highest BCUT2D eigenvalue weighted by Gasteiger charge is 2.10. The van der Waals surface area contributed by atoms with E-state index in [0.717, 1.165) is 11.6 Å². The van der Waals surface area contributed by atoms with E-state index < -0.39 is 16.4 Å². The van der Waals surface area contributed by atoms with Gasteiger partial charge in [-0.15, -0.1) is 0 Å². The van der Waals surface area contributed by atoms with Crippen molar-refractivity contribution in [3.8, 4) is 11.5 Å². The van der Waals surface area contributed by atoms with E-state index >= 15 is 0 Å². The lowest BCUT2D eigenvalue weighted by Gasteiger charge is -2.10. The summed E-state index contributed by atoms with van der Waals surface area (Å²) >= 11 is 0. The van der Waals surface area contributed by atoms with Crippen LogP contribution in [0.15, 0.2) is 54.6 Å². The van der Waals surface area contributed by atoms with Crippen LogP contribution in [0.4, 0.5) is 0 Å². The minimum absolute atomic E-state index is 0.155. The Morgan fingerprint density at radius 3 is 2.44 bits per heavy atom. The van der Waals surface area contributed by atoms with Gasteiger partial charge in [0.25, 0.3) is 0 Å². The summed E-state index contributed by atoms with van der Waals surface area (Å²) in [4.78, 5) is 11.2. The zero-order valence-corrected chi connectivity index (χ0v) is 14.1. The third-order valence-corrected chi connectivity index (χ3v) is 3.37. The van der Waals surface area contributed by atoms with Gasteiger partial charge in [0.1, 0.15) is 18.1 Å². The summed E-state index contributed by atoms with van der Waals surface area (Å²) in [5.74, 6) is -0.431. The Morgan fingerprint density at radius 2 is 1.80 bits per heavy atom. The highest BCUT2D eigenvalue weighted by atomic mass is 32.3. The second kappa shape index (κ2) is 8.32. The molecule has 0 aliphatic carbocycles. The average molecular weight is 364 g/mol. The molecule has 25 heavy (non-hydrogen) atoms. The van der Waals surface area contributed by atoms with Crippen LogP contribution in [-0.4, -0.2) is 26.0 Å². The lowest BCUT2D eigenvalue weighted by molar-refractivity contribution is -0.134. The summed E-state index contributed by atoms with van der Waals surface area (Å²) in [5, 5.41) is 0. The van der Waals surface area contributed by atoms with E-state index in [-0.39, 0.29) is 12.4 Å². The highest BCUT2D eigenvalue weighted by molar-refractivity contribution is 7.81. The van der Waals surface area contributed by atoms with Gasteiger partial charge < -0.3 is 13.7 Å². The predicted molar refractivity (Wildman–Crippen MR) is 90.4 cm³/mol. The van der Waals surface area contributed by atoms with Crippen molar-refractivity contribution < 1.29 is 31.4 Å². The molecule has 2 rings (SSSR count). The third kappa shape index (κ3) is 6.66. The van der Waals surface area contributed by atoms with E-state index in [2.05, 4.69) is 8.92 Å². The summed E-state index contributed by atoms with van der Waals surface area (Å²) < 4.78 is 45.2. The molecule has 0 atom stereocenters. The van der Waals surface area contributed by atoms with Gasteiger partial charge in [-0.05, 0) is 29.3 Å². The number of hydrogen-bond donors (Lipinski definition) is 1. The molecule has 8 heteroatoms. The van der Waals surface area contributed by atoms with Gasteiger partial charge >= 0.3 is 16.4 Å². The maximum atomic E-state index is 11.2. The van der Waals surface area contributed by atoms with Crippen LogP contribution in [-0.2, 0) is 26.5 Å². The van der Waals surface area contributed by atoms with Crippen molar-refractivity contribution in [1.29, 1.82) is 0 Å². The minimum Gasteiger partial charge on any atom is -0.489 e. The van der Waals surface area contributed by atoms with Crippen LogP contribution in [0.2, 0.25) is 0 Å². The third-order valence-electron chi connectivity index (χ3n) is 2.97. The Labute approximate surface area is 145 Å². The SMILES string of the molecule is COC(=O)/C=C/c1cc(OCc2ccccc2)cc(OS(=O)(=O)O)c1. The second-order valence-electron chi connectivity index (χ2n) is 4.88. The van der Waals surface area contributed by atoms with Gasteiger partial charge in [-0.25, -0.2) is 4.79 Å². The van der Waals surface area contributed by atoms with Gasteiger partial charge in [0.15, 0.2) is 0 Å². The quantitative estimate of drug-likeness (QED) is 0.458. The van der Waals surface area contributed by atoms with Crippen molar-refractivity contribution >= 4 is 22.4 Å². The van der Waals surface area contributed by atoms with Crippen LogP contribution in [0.5, 0.6) is 11.5 Å². The molecule has 7 nitrogen and oxygen atoms in total. The van der Waals surface area contributed by atoms with Gasteiger partial charge in [0.05, 0.1) is 7.11 Å². The van der Waals surface area contributed by atoms with E-state index in [9.17, 15) is 13.2 Å². The lowest BCUT2D eigenvalue weighted by atomic mass is 10.2. The van der Waals surface area contributed by atoms with E-state index in [1.165, 1.54) is 25.3 Å². The molecule has 0 unspecified atom stereocenters. The first-order valence-electron chi connectivity index (χ1n) is 7.10. The molecular formula is C17H16O7S. The highest BCUT2D eigenvalue weighted by Crippen LogP contribution is 2.25. The molecule has 0 amide bonds. The first kappa shape index (κ1) is 18.5. The van der Waals surface area contributed by atoms with Crippen molar-refractivity contribution in [3.05, 3.63) is 65.7 Å². The number of benzene rings is 2. The van der Waals surface area contributed by atoms with Crippen LogP contribution >= 0.6 is 0 Å². The molecule has 0 aromatic heterocycles. The van der Waals surface area contributed by atoms with Crippen molar-refractivity contribution in [2.45, 2.75) is 6.61 Å². The molecule has 0 saturated carbocycles. The Hall–Kier alpha value is -2.84. The van der Waals surface area contributed by atoms with Crippen LogP contribution in [0, 0.1) is 0 Å². The summed E-state index contributed by atoms with van der Waals surface area (Å²) in [7, 11) is -3.45. The predicted octanol–water partition coefficient (Wildman–Crippen LogP) is 2.63. The van der Waals surface area contributed by atoms with Gasteiger partial charge in [0.2, 0.25) is 0 Å². The zero-order valence-electron chi connectivity index (χ0n) is 13.3. The Kier molecular flexibility index (Phi) is 6.15. The van der Waals surface area contributed by atoms with Crippen molar-refractivity contribution in [3.63, 3.8) is 0 Å². The van der Waals surface area contributed by atoms with E-state index in [4.69, 9.17) is 9.29 Å². The van der Waals surface area contributed by atoms with Crippen LogP contribution in [0.1, 0.15) is 11.1 Å². The van der Waals surface area contributed by atoms with Crippen LogP contribution in [0.3, 0.4) is 0 Å². The van der Waals surface area contributed by atoms with Gasteiger partial charge in [-0.2, -0.15) is 8.42 Å². The number of ether oxygens (including phenoxy) is 2. The molecule has 0 aliphatic heterocycles. The summed E-state index contributed by atoms with van der Waals surface area (Å²) in [5.41, 5.74) is 1.34. The first-order chi connectivity index (χ1) is 11.9. The molecule has 0 fully saturated rings. The smallest absolute Gasteiger partial charge is 0.446 e. The second-order valence-corrected chi connectivity index (χ2v) is 5.90. The summed E-state index contributed by atoms with van der Waals surface area (Å²) in [6, 6.07) is 13.6. The van der Waals surface area contributed by atoms with E-state index in [1.54, 1.807) is 6.07 Å². The van der Waals surface area contributed by atoms with Gasteiger partial charge in [0, 0.05) is 12.1 Å². The standard InChI is InChI=1S/C17H16O7S/c1-22-17(18)8-7-14-9-15(11-16(10-14)24-25(19,20)21)23-12-13-5-3-2-4-6-13/h2-11H,12H2,1H3,(H,19,20,21)/b8-7+. The molecule has 2 aromatic rings. The number of carbonyl (C=O) groups excluding carboxylic acids is 1. The maximum Gasteiger partial charge on any atom is 0.446 e. The Balaban J connectivity index is 2.25. The molecule has 0 spiro atoms. The molecule has 0 heterocycles. The van der Waals surface area contributed by atoms with Crippen molar-refractivity contribution in [2.75, 3.05) is 7.11 Å². The van der Waals surface area contributed by atoms with Gasteiger partial charge in [-0.1, -0.05) is 30.3 Å². The Morgan fingerprint density at radius 1 is 1.12 bits per heavy atom. The fourth-order valence-electron chi connectivity index (χ4n) is 1.92.